The highest BCUT2D eigenvalue weighted by Crippen LogP contribution is 2.21. The lowest BCUT2D eigenvalue weighted by molar-refractivity contribution is -0.113. The number of sulfone groups is 1. The maximum atomic E-state index is 11.4. The van der Waals surface area contributed by atoms with Crippen molar-refractivity contribution in [1.29, 1.82) is 0 Å². The molecule has 0 fully saturated rings. The van der Waals surface area contributed by atoms with E-state index in [2.05, 4.69) is 21.2 Å². The van der Waals surface area contributed by atoms with Crippen molar-refractivity contribution in [3.63, 3.8) is 0 Å². The molecule has 0 saturated carbocycles. The predicted octanol–water partition coefficient (Wildman–Crippen LogP) is 1.13. The summed E-state index contributed by atoms with van der Waals surface area (Å²) in [6, 6.07) is 4.24. The lowest BCUT2D eigenvalue weighted by Gasteiger charge is -2.08. The Morgan fingerprint density at radius 1 is 1.39 bits per heavy atom. The zero-order valence-electron chi connectivity index (χ0n) is 9.31. The van der Waals surface area contributed by atoms with Crippen molar-refractivity contribution in [2.24, 2.45) is 0 Å². The van der Waals surface area contributed by atoms with Crippen LogP contribution >= 0.6 is 15.9 Å². The van der Waals surface area contributed by atoms with Crippen LogP contribution in [-0.4, -0.2) is 37.4 Å². The maximum Gasteiger partial charge on any atom is 0.337 e. The van der Waals surface area contributed by atoms with Gasteiger partial charge in [0.25, 0.3) is 0 Å². The van der Waals surface area contributed by atoms with Crippen LogP contribution in [0.1, 0.15) is 10.4 Å². The van der Waals surface area contributed by atoms with Crippen LogP contribution in [0, 0.1) is 0 Å². The van der Waals surface area contributed by atoms with Gasteiger partial charge in [0.2, 0.25) is 5.91 Å². The minimum Gasteiger partial charge on any atom is -0.478 e. The molecule has 0 atom stereocenters. The number of carboxylic acids is 1. The van der Waals surface area contributed by atoms with E-state index in [0.29, 0.717) is 4.47 Å². The Labute approximate surface area is 112 Å². The molecule has 0 aliphatic heterocycles. The highest BCUT2D eigenvalue weighted by molar-refractivity contribution is 9.10. The van der Waals surface area contributed by atoms with E-state index < -0.39 is 27.5 Å². The summed E-state index contributed by atoms with van der Waals surface area (Å²) in [5, 5.41) is 11.2. The van der Waals surface area contributed by atoms with E-state index in [1.54, 1.807) is 6.07 Å². The summed E-state index contributed by atoms with van der Waals surface area (Å²) in [5.74, 6) is -2.68. The average molecular weight is 336 g/mol. The zero-order chi connectivity index (χ0) is 13.9. The first-order valence-corrected chi connectivity index (χ1v) is 7.55. The van der Waals surface area contributed by atoms with E-state index in [9.17, 15) is 18.0 Å². The quantitative estimate of drug-likeness (QED) is 0.858. The molecule has 98 valence electrons. The minimum atomic E-state index is -3.45. The zero-order valence-corrected chi connectivity index (χ0v) is 11.7. The summed E-state index contributed by atoms with van der Waals surface area (Å²) in [7, 11) is -3.45. The normalized spacial score (nSPS) is 11.0. The standard InChI is InChI=1S/C10H10BrNO5S/c1-18(16,17)5-9(13)12-8-3-2-6(11)4-7(8)10(14)15/h2-4H,5H2,1H3,(H,12,13)(H,14,15). The van der Waals surface area contributed by atoms with Crippen LogP contribution in [0.15, 0.2) is 22.7 Å². The fourth-order valence-electron chi connectivity index (χ4n) is 1.23. The number of aromatic carboxylic acids is 1. The van der Waals surface area contributed by atoms with Crippen molar-refractivity contribution in [3.8, 4) is 0 Å². The van der Waals surface area contributed by atoms with Gasteiger partial charge in [-0.15, -0.1) is 0 Å². The lowest BCUT2D eigenvalue weighted by Crippen LogP contribution is -2.23. The third-order valence-corrected chi connectivity index (χ3v) is 3.16. The van der Waals surface area contributed by atoms with Crippen LogP contribution in [-0.2, 0) is 14.6 Å². The van der Waals surface area contributed by atoms with Crippen molar-refractivity contribution in [1.82, 2.24) is 0 Å². The van der Waals surface area contributed by atoms with E-state index in [4.69, 9.17) is 5.11 Å². The summed E-state index contributed by atoms with van der Waals surface area (Å²) in [6.07, 6.45) is 0.923. The van der Waals surface area contributed by atoms with Gasteiger partial charge in [-0.1, -0.05) is 15.9 Å². The minimum absolute atomic E-state index is 0.0550. The molecule has 1 aromatic rings. The highest BCUT2D eigenvalue weighted by atomic mass is 79.9. The summed E-state index contributed by atoms with van der Waals surface area (Å²) < 4.78 is 22.4. The van der Waals surface area contributed by atoms with Gasteiger partial charge in [0.15, 0.2) is 9.84 Å². The van der Waals surface area contributed by atoms with Gasteiger partial charge in [0, 0.05) is 10.7 Å². The molecule has 0 aliphatic rings. The second-order valence-corrected chi connectivity index (χ2v) is 6.67. The molecular formula is C10H10BrNO5S. The molecule has 6 nitrogen and oxygen atoms in total. The van der Waals surface area contributed by atoms with Gasteiger partial charge < -0.3 is 10.4 Å². The number of carbonyl (C=O) groups is 2. The van der Waals surface area contributed by atoms with Crippen LogP contribution in [0.25, 0.3) is 0 Å². The Kier molecular flexibility index (Phi) is 4.47. The number of benzene rings is 1. The second kappa shape index (κ2) is 5.49. The number of anilines is 1. The molecule has 0 aromatic heterocycles. The molecule has 0 aliphatic carbocycles. The van der Waals surface area contributed by atoms with Gasteiger partial charge in [-0.05, 0) is 18.2 Å². The van der Waals surface area contributed by atoms with Gasteiger partial charge in [0.1, 0.15) is 5.75 Å². The molecule has 0 bridgehead atoms. The number of halogens is 1. The first-order chi connectivity index (χ1) is 8.19. The first kappa shape index (κ1) is 14.7. The van der Waals surface area contributed by atoms with Crippen LogP contribution in [0.4, 0.5) is 5.69 Å². The third kappa shape index (κ3) is 4.46. The van der Waals surface area contributed by atoms with Crippen molar-refractivity contribution in [2.75, 3.05) is 17.3 Å². The summed E-state index contributed by atoms with van der Waals surface area (Å²) in [6.45, 7) is 0. The lowest BCUT2D eigenvalue weighted by atomic mass is 10.2. The Balaban J connectivity index is 2.98. The molecule has 2 N–H and O–H groups in total. The summed E-state index contributed by atoms with van der Waals surface area (Å²) in [5.41, 5.74) is -0.0643. The number of nitrogens with one attached hydrogen (secondary N) is 1. The van der Waals surface area contributed by atoms with E-state index >= 15 is 0 Å². The van der Waals surface area contributed by atoms with Gasteiger partial charge in [0.05, 0.1) is 11.3 Å². The van der Waals surface area contributed by atoms with E-state index in [1.165, 1.54) is 12.1 Å². The third-order valence-electron chi connectivity index (χ3n) is 1.88. The average Bonchev–Trinajstić information content (AvgIpc) is 2.17. The fraction of sp³-hybridized carbons (Fsp3) is 0.200. The number of hydrogen-bond acceptors (Lipinski definition) is 4. The van der Waals surface area contributed by atoms with Crippen LogP contribution in [0.5, 0.6) is 0 Å². The topological polar surface area (TPSA) is 101 Å². The fourth-order valence-corrected chi connectivity index (χ4v) is 2.14. The maximum absolute atomic E-state index is 11.4. The monoisotopic (exact) mass is 335 g/mol. The molecule has 18 heavy (non-hydrogen) atoms. The molecule has 1 amide bonds. The Bertz CT molecular complexity index is 596. The van der Waals surface area contributed by atoms with Crippen molar-refractivity contribution in [2.45, 2.75) is 0 Å². The molecule has 1 rings (SSSR count). The molecule has 0 saturated heterocycles. The molecule has 0 radical (unpaired) electrons. The summed E-state index contributed by atoms with van der Waals surface area (Å²) in [4.78, 5) is 22.3. The van der Waals surface area contributed by atoms with Crippen molar-refractivity contribution < 1.29 is 23.1 Å². The Morgan fingerprint density at radius 2 is 2.00 bits per heavy atom. The molecule has 0 unspecified atom stereocenters. The molecule has 0 spiro atoms. The number of carboxylic acid groups (broad SMARTS) is 1. The van der Waals surface area contributed by atoms with E-state index in [-0.39, 0.29) is 11.3 Å². The molecular weight excluding hydrogens is 326 g/mol. The number of carbonyl (C=O) groups excluding carboxylic acids is 1. The predicted molar refractivity (Wildman–Crippen MR) is 69.4 cm³/mol. The van der Waals surface area contributed by atoms with Crippen LogP contribution in [0.2, 0.25) is 0 Å². The molecule has 8 heteroatoms. The Morgan fingerprint density at radius 3 is 2.50 bits per heavy atom. The molecule has 1 aromatic carbocycles. The smallest absolute Gasteiger partial charge is 0.337 e. The largest absolute Gasteiger partial charge is 0.478 e. The number of hydrogen-bond donors (Lipinski definition) is 2. The SMILES string of the molecule is CS(=O)(=O)CC(=O)Nc1ccc(Br)cc1C(=O)O. The number of amides is 1. The van der Waals surface area contributed by atoms with E-state index in [0.717, 1.165) is 6.26 Å². The van der Waals surface area contributed by atoms with Gasteiger partial charge in [-0.25, -0.2) is 13.2 Å². The van der Waals surface area contributed by atoms with Crippen molar-refractivity contribution in [3.05, 3.63) is 28.2 Å². The van der Waals surface area contributed by atoms with Gasteiger partial charge in [-0.2, -0.15) is 0 Å². The first-order valence-electron chi connectivity index (χ1n) is 4.69. The summed E-state index contributed by atoms with van der Waals surface area (Å²) >= 11 is 3.11. The highest BCUT2D eigenvalue weighted by Gasteiger charge is 2.15. The van der Waals surface area contributed by atoms with E-state index in [1.807, 2.05) is 0 Å². The van der Waals surface area contributed by atoms with Gasteiger partial charge >= 0.3 is 5.97 Å². The van der Waals surface area contributed by atoms with Crippen molar-refractivity contribution >= 4 is 43.3 Å². The van der Waals surface area contributed by atoms with Gasteiger partial charge in [-0.3, -0.25) is 4.79 Å². The van der Waals surface area contributed by atoms with Crippen LogP contribution in [0.3, 0.4) is 0 Å². The van der Waals surface area contributed by atoms with Crippen LogP contribution < -0.4 is 5.32 Å². The second-order valence-electron chi connectivity index (χ2n) is 3.61. The molecule has 0 heterocycles. The number of rotatable bonds is 4. The Hall–Kier alpha value is -1.41.